The Morgan fingerprint density at radius 1 is 1.64 bits per heavy atom. The van der Waals surface area contributed by atoms with E-state index in [1.54, 1.807) is 22.6 Å². The van der Waals surface area contributed by atoms with E-state index in [2.05, 4.69) is 0 Å². The lowest BCUT2D eigenvalue weighted by molar-refractivity contribution is -0.386. The molecule has 0 heterocycles. The number of hydrogen-bond donors (Lipinski definition) is 1. The summed E-state index contributed by atoms with van der Waals surface area (Å²) >= 11 is 1.77. The smallest absolute Gasteiger partial charge is 0.288 e. The molecule has 72 valence electrons. The summed E-state index contributed by atoms with van der Waals surface area (Å²) in [6.07, 6.45) is 0. The summed E-state index contributed by atoms with van der Waals surface area (Å²) in [4.78, 5) is 10.0. The molecule has 0 aliphatic rings. The second-order valence-electron chi connectivity index (χ2n) is 2.49. The van der Waals surface area contributed by atoms with Gasteiger partial charge in [0.15, 0.2) is 0 Å². The molecular formula is C8H5IN2O3. The Kier molecular flexibility index (Phi) is 3.38. The molecule has 0 bridgehead atoms. The zero-order valence-electron chi connectivity index (χ0n) is 6.90. The highest BCUT2D eigenvalue weighted by Crippen LogP contribution is 2.26. The minimum absolute atomic E-state index is 0.132. The van der Waals surface area contributed by atoms with Gasteiger partial charge < -0.3 is 5.11 Å². The van der Waals surface area contributed by atoms with E-state index in [9.17, 15) is 10.1 Å². The van der Waals surface area contributed by atoms with Crippen molar-refractivity contribution < 1.29 is 10.0 Å². The fraction of sp³-hybridized carbons (Fsp3) is 0.125. The van der Waals surface area contributed by atoms with E-state index in [1.807, 2.05) is 6.07 Å². The molecule has 1 aromatic rings. The quantitative estimate of drug-likeness (QED) is 0.510. The number of aliphatic hydroxyl groups is 1. The van der Waals surface area contributed by atoms with Gasteiger partial charge in [0, 0.05) is 0 Å². The van der Waals surface area contributed by atoms with Crippen molar-refractivity contribution in [2.24, 2.45) is 0 Å². The van der Waals surface area contributed by atoms with Crippen molar-refractivity contribution in [2.45, 2.75) is 6.61 Å². The molecule has 0 fully saturated rings. The first-order valence-electron chi connectivity index (χ1n) is 3.58. The van der Waals surface area contributed by atoms with Gasteiger partial charge in [0.2, 0.25) is 0 Å². The van der Waals surface area contributed by atoms with E-state index in [-0.39, 0.29) is 11.3 Å². The summed E-state index contributed by atoms with van der Waals surface area (Å²) in [7, 11) is 0. The molecule has 0 aliphatic heterocycles. The third-order valence-electron chi connectivity index (χ3n) is 1.62. The lowest BCUT2D eigenvalue weighted by atomic mass is 10.1. The Bertz CT molecular complexity index is 425. The highest BCUT2D eigenvalue weighted by Gasteiger charge is 2.18. The molecule has 6 heteroatoms. The summed E-state index contributed by atoms with van der Waals surface area (Å²) in [5, 5.41) is 28.1. The van der Waals surface area contributed by atoms with Gasteiger partial charge in [-0.2, -0.15) is 5.26 Å². The molecule has 0 aliphatic carbocycles. The predicted octanol–water partition coefficient (Wildman–Crippen LogP) is 1.56. The lowest BCUT2D eigenvalue weighted by Gasteiger charge is -2.01. The summed E-state index contributed by atoms with van der Waals surface area (Å²) in [5.41, 5.74) is 0.342. The Balaban J connectivity index is 3.44. The van der Waals surface area contributed by atoms with Crippen LogP contribution in [0.2, 0.25) is 0 Å². The summed E-state index contributed by atoms with van der Waals surface area (Å²) < 4.78 is 0.357. The Hall–Kier alpha value is -1.20. The first kappa shape index (κ1) is 10.9. The number of benzene rings is 1. The maximum absolute atomic E-state index is 10.6. The van der Waals surface area contributed by atoms with Crippen LogP contribution in [0, 0.1) is 25.0 Å². The van der Waals surface area contributed by atoms with Gasteiger partial charge in [0.05, 0.1) is 32.3 Å². The Morgan fingerprint density at radius 2 is 2.29 bits per heavy atom. The number of rotatable bonds is 2. The van der Waals surface area contributed by atoms with Crippen molar-refractivity contribution in [1.82, 2.24) is 0 Å². The van der Waals surface area contributed by atoms with Gasteiger partial charge in [-0.3, -0.25) is 10.1 Å². The molecule has 0 radical (unpaired) electrons. The van der Waals surface area contributed by atoms with E-state index >= 15 is 0 Å². The number of aliphatic hydroxyl groups excluding tert-OH is 1. The lowest BCUT2D eigenvalue weighted by Crippen LogP contribution is -1.99. The number of nitrogens with zero attached hydrogens (tertiary/aromatic N) is 2. The molecule has 1 N–H and O–H groups in total. The summed E-state index contributed by atoms with van der Waals surface area (Å²) in [5.74, 6) is 0. The molecule has 0 unspecified atom stereocenters. The van der Waals surface area contributed by atoms with Crippen molar-refractivity contribution in [3.05, 3.63) is 36.9 Å². The minimum atomic E-state index is -0.561. The number of nitriles is 1. The topological polar surface area (TPSA) is 87.2 Å². The van der Waals surface area contributed by atoms with Gasteiger partial charge >= 0.3 is 0 Å². The Labute approximate surface area is 93.3 Å². The first-order chi connectivity index (χ1) is 6.60. The van der Waals surface area contributed by atoms with Gasteiger partial charge in [-0.1, -0.05) is 0 Å². The van der Waals surface area contributed by atoms with Crippen molar-refractivity contribution in [2.75, 3.05) is 0 Å². The van der Waals surface area contributed by atoms with Gasteiger partial charge in [-0.15, -0.1) is 0 Å². The number of nitro benzene ring substituents is 1. The van der Waals surface area contributed by atoms with E-state index in [0.29, 0.717) is 9.13 Å². The highest BCUT2D eigenvalue weighted by molar-refractivity contribution is 14.1. The summed E-state index contributed by atoms with van der Waals surface area (Å²) in [6.45, 7) is -0.443. The van der Waals surface area contributed by atoms with Crippen LogP contribution in [0.4, 0.5) is 5.69 Å². The second-order valence-corrected chi connectivity index (χ2v) is 3.66. The fourth-order valence-corrected chi connectivity index (χ4v) is 1.92. The maximum atomic E-state index is 10.6. The molecule has 14 heavy (non-hydrogen) atoms. The molecule has 0 saturated heterocycles. The molecular weight excluding hydrogens is 299 g/mol. The van der Waals surface area contributed by atoms with Crippen LogP contribution in [0.3, 0.4) is 0 Å². The molecule has 5 nitrogen and oxygen atoms in total. The number of hydrogen-bond acceptors (Lipinski definition) is 4. The number of nitro groups is 1. The van der Waals surface area contributed by atoms with Crippen molar-refractivity contribution in [3.8, 4) is 6.07 Å². The van der Waals surface area contributed by atoms with Crippen molar-refractivity contribution in [1.29, 1.82) is 5.26 Å². The van der Waals surface area contributed by atoms with E-state index in [1.165, 1.54) is 12.1 Å². The molecule has 1 aromatic carbocycles. The third kappa shape index (κ3) is 2.00. The van der Waals surface area contributed by atoms with Crippen molar-refractivity contribution in [3.63, 3.8) is 0 Å². The van der Waals surface area contributed by atoms with Crippen LogP contribution in [-0.4, -0.2) is 10.0 Å². The molecule has 0 atom stereocenters. The minimum Gasteiger partial charge on any atom is -0.391 e. The normalized spacial score (nSPS) is 9.50. The molecule has 0 saturated carbocycles. The van der Waals surface area contributed by atoms with Crippen LogP contribution >= 0.6 is 22.6 Å². The van der Waals surface area contributed by atoms with Gasteiger partial charge in [-0.05, 0) is 34.7 Å². The van der Waals surface area contributed by atoms with Crippen LogP contribution in [-0.2, 0) is 6.61 Å². The maximum Gasteiger partial charge on any atom is 0.288 e. The van der Waals surface area contributed by atoms with Gasteiger partial charge in [0.25, 0.3) is 5.69 Å². The molecule has 1 rings (SSSR count). The monoisotopic (exact) mass is 304 g/mol. The largest absolute Gasteiger partial charge is 0.391 e. The summed E-state index contributed by atoms with van der Waals surface area (Å²) in [6, 6.07) is 4.60. The molecule has 0 aromatic heterocycles. The fourth-order valence-electron chi connectivity index (χ4n) is 1.05. The predicted molar refractivity (Wildman–Crippen MR) is 56.5 cm³/mol. The van der Waals surface area contributed by atoms with E-state index < -0.39 is 11.5 Å². The van der Waals surface area contributed by atoms with E-state index in [0.717, 1.165) is 0 Å². The second kappa shape index (κ2) is 4.34. The average molecular weight is 304 g/mol. The van der Waals surface area contributed by atoms with Crippen LogP contribution < -0.4 is 0 Å². The SMILES string of the molecule is N#Cc1cc(I)c([N+](=O)[O-])c(CO)c1. The van der Waals surface area contributed by atoms with Crippen LogP contribution in [0.25, 0.3) is 0 Å². The van der Waals surface area contributed by atoms with Crippen LogP contribution in [0.1, 0.15) is 11.1 Å². The average Bonchev–Trinajstić information content (AvgIpc) is 2.15. The zero-order chi connectivity index (χ0) is 10.7. The Morgan fingerprint density at radius 3 is 2.71 bits per heavy atom. The van der Waals surface area contributed by atoms with Gasteiger partial charge in [-0.25, -0.2) is 0 Å². The molecule has 0 amide bonds. The third-order valence-corrected chi connectivity index (χ3v) is 2.45. The molecule has 0 spiro atoms. The highest BCUT2D eigenvalue weighted by atomic mass is 127. The van der Waals surface area contributed by atoms with Gasteiger partial charge in [0.1, 0.15) is 0 Å². The first-order valence-corrected chi connectivity index (χ1v) is 4.65. The standard InChI is InChI=1S/C8H5IN2O3/c9-7-2-5(3-10)1-6(4-12)8(7)11(13)14/h1-2,12H,4H2. The van der Waals surface area contributed by atoms with E-state index in [4.69, 9.17) is 10.4 Å². The van der Waals surface area contributed by atoms with Crippen LogP contribution in [0.5, 0.6) is 0 Å². The van der Waals surface area contributed by atoms with Crippen molar-refractivity contribution >= 4 is 28.3 Å². The van der Waals surface area contributed by atoms with Crippen LogP contribution in [0.15, 0.2) is 12.1 Å². The number of halogens is 1. The zero-order valence-corrected chi connectivity index (χ0v) is 9.06.